The normalized spacial score (nSPS) is 29.5. The van der Waals surface area contributed by atoms with Crippen LogP contribution in [0, 0.1) is 17.8 Å². The summed E-state index contributed by atoms with van der Waals surface area (Å²) in [5, 5.41) is 2.98. The van der Waals surface area contributed by atoms with E-state index < -0.39 is 0 Å². The van der Waals surface area contributed by atoms with Crippen molar-refractivity contribution >= 4 is 17.4 Å². The Morgan fingerprint density at radius 1 is 1.15 bits per heavy atom. The Morgan fingerprint density at radius 3 is 2.70 bits per heavy atom. The van der Waals surface area contributed by atoms with Gasteiger partial charge < -0.3 is 11.1 Å². The summed E-state index contributed by atoms with van der Waals surface area (Å²) >= 11 is 0. The average Bonchev–Trinajstić information content (AvgIpc) is 2.49. The van der Waals surface area contributed by atoms with Crippen LogP contribution >= 0.6 is 0 Å². The number of hydrogen-bond acceptors (Lipinski definition) is 3. The van der Waals surface area contributed by atoms with Crippen molar-refractivity contribution in [1.29, 1.82) is 0 Å². The molecule has 4 nitrogen and oxygen atoms in total. The first-order valence-electron chi connectivity index (χ1n) is 7.75. The molecule has 3 rings (SSSR count). The van der Waals surface area contributed by atoms with E-state index in [1.165, 1.54) is 32.1 Å². The molecule has 2 aliphatic rings. The third kappa shape index (κ3) is 2.94. The Kier molecular flexibility index (Phi) is 3.90. The predicted octanol–water partition coefficient (Wildman–Crippen LogP) is 3.21. The number of nitrogens with two attached hydrogens (primary N) is 1. The van der Waals surface area contributed by atoms with Crippen LogP contribution in [-0.2, 0) is 4.79 Å². The molecule has 1 aromatic rings. The lowest BCUT2D eigenvalue weighted by molar-refractivity contribution is -0.122. The van der Waals surface area contributed by atoms with Crippen LogP contribution in [0.1, 0.15) is 44.9 Å². The molecular weight excluding hydrogens is 250 g/mol. The maximum absolute atomic E-state index is 12.4. The Labute approximate surface area is 120 Å². The number of nitrogens with one attached hydrogen (secondary N) is 1. The SMILES string of the molecule is Nc1ccc(NC(=O)C2CCC3CCCCC3C2)cn1. The summed E-state index contributed by atoms with van der Waals surface area (Å²) in [6.45, 7) is 0. The molecule has 3 N–H and O–H groups in total. The zero-order valence-corrected chi connectivity index (χ0v) is 11.8. The van der Waals surface area contributed by atoms with Gasteiger partial charge in [-0.05, 0) is 43.2 Å². The second kappa shape index (κ2) is 5.81. The zero-order chi connectivity index (χ0) is 13.9. The molecule has 20 heavy (non-hydrogen) atoms. The molecule has 2 fully saturated rings. The number of carbonyl (C=O) groups excluding carboxylic acids is 1. The second-order valence-corrected chi connectivity index (χ2v) is 6.28. The molecule has 0 aromatic carbocycles. The van der Waals surface area contributed by atoms with Gasteiger partial charge in [-0.25, -0.2) is 4.98 Å². The number of rotatable bonds is 2. The molecular formula is C16H23N3O. The highest BCUT2D eigenvalue weighted by Crippen LogP contribution is 2.42. The van der Waals surface area contributed by atoms with Crippen LogP contribution in [-0.4, -0.2) is 10.9 Å². The topological polar surface area (TPSA) is 68.0 Å². The predicted molar refractivity (Wildman–Crippen MR) is 80.1 cm³/mol. The molecule has 0 spiro atoms. The monoisotopic (exact) mass is 273 g/mol. The average molecular weight is 273 g/mol. The molecule has 3 atom stereocenters. The van der Waals surface area contributed by atoms with E-state index >= 15 is 0 Å². The fourth-order valence-electron chi connectivity index (χ4n) is 3.84. The molecule has 1 heterocycles. The zero-order valence-electron chi connectivity index (χ0n) is 11.8. The van der Waals surface area contributed by atoms with Crippen LogP contribution in [0.4, 0.5) is 11.5 Å². The standard InChI is InChI=1S/C16H23N3O/c17-15-8-7-14(10-18-15)19-16(20)13-6-5-11-3-1-2-4-12(11)9-13/h7-8,10-13H,1-6,9H2,(H2,17,18)(H,19,20). The van der Waals surface area contributed by atoms with Crippen molar-refractivity contribution in [3.63, 3.8) is 0 Å². The van der Waals surface area contributed by atoms with Crippen molar-refractivity contribution < 1.29 is 4.79 Å². The third-order valence-electron chi connectivity index (χ3n) is 4.96. The van der Waals surface area contributed by atoms with Gasteiger partial charge in [0.15, 0.2) is 0 Å². The number of fused-ring (bicyclic) bond motifs is 1. The molecule has 2 aliphatic carbocycles. The quantitative estimate of drug-likeness (QED) is 0.869. The van der Waals surface area contributed by atoms with E-state index in [0.29, 0.717) is 5.82 Å². The Hall–Kier alpha value is -1.58. The first-order chi connectivity index (χ1) is 9.72. The highest BCUT2D eigenvalue weighted by Gasteiger charge is 2.34. The lowest BCUT2D eigenvalue weighted by Crippen LogP contribution is -2.33. The van der Waals surface area contributed by atoms with Gasteiger partial charge in [-0.1, -0.05) is 25.7 Å². The summed E-state index contributed by atoms with van der Waals surface area (Å²) in [7, 11) is 0. The maximum atomic E-state index is 12.4. The van der Waals surface area contributed by atoms with Crippen molar-refractivity contribution in [2.24, 2.45) is 17.8 Å². The van der Waals surface area contributed by atoms with Gasteiger partial charge in [-0.2, -0.15) is 0 Å². The van der Waals surface area contributed by atoms with E-state index in [9.17, 15) is 4.79 Å². The van der Waals surface area contributed by atoms with Gasteiger partial charge >= 0.3 is 0 Å². The lowest BCUT2D eigenvalue weighted by Gasteiger charge is -2.38. The number of nitrogen functional groups attached to an aromatic ring is 1. The van der Waals surface area contributed by atoms with E-state index in [2.05, 4.69) is 10.3 Å². The first kappa shape index (κ1) is 13.4. The molecule has 1 aromatic heterocycles. The van der Waals surface area contributed by atoms with Crippen molar-refractivity contribution in [2.45, 2.75) is 44.9 Å². The van der Waals surface area contributed by atoms with Gasteiger partial charge in [-0.3, -0.25) is 4.79 Å². The van der Waals surface area contributed by atoms with Gasteiger partial charge in [0.2, 0.25) is 5.91 Å². The molecule has 1 amide bonds. The van der Waals surface area contributed by atoms with Gasteiger partial charge in [0.05, 0.1) is 11.9 Å². The third-order valence-corrected chi connectivity index (χ3v) is 4.96. The van der Waals surface area contributed by atoms with Crippen molar-refractivity contribution in [1.82, 2.24) is 4.98 Å². The Balaban J connectivity index is 1.58. The van der Waals surface area contributed by atoms with Crippen LogP contribution < -0.4 is 11.1 Å². The number of anilines is 2. The Bertz CT molecular complexity index is 471. The van der Waals surface area contributed by atoms with Crippen LogP contribution in [0.2, 0.25) is 0 Å². The minimum Gasteiger partial charge on any atom is -0.384 e. The molecule has 0 saturated heterocycles. The van der Waals surface area contributed by atoms with Gasteiger partial charge in [0, 0.05) is 5.92 Å². The summed E-state index contributed by atoms with van der Waals surface area (Å²) in [6.07, 6.45) is 10.4. The lowest BCUT2D eigenvalue weighted by atomic mass is 9.67. The maximum Gasteiger partial charge on any atom is 0.227 e. The molecule has 2 saturated carbocycles. The number of nitrogens with zero attached hydrogens (tertiary/aromatic N) is 1. The van der Waals surface area contributed by atoms with E-state index in [1.54, 1.807) is 12.3 Å². The summed E-state index contributed by atoms with van der Waals surface area (Å²) in [6, 6.07) is 3.53. The largest absolute Gasteiger partial charge is 0.384 e. The fraction of sp³-hybridized carbons (Fsp3) is 0.625. The smallest absolute Gasteiger partial charge is 0.227 e. The number of carbonyl (C=O) groups is 1. The molecule has 0 aliphatic heterocycles. The Morgan fingerprint density at radius 2 is 1.95 bits per heavy atom. The molecule has 0 bridgehead atoms. The van der Waals surface area contributed by atoms with Crippen molar-refractivity contribution in [2.75, 3.05) is 11.1 Å². The van der Waals surface area contributed by atoms with Crippen molar-refractivity contribution in [3.8, 4) is 0 Å². The highest BCUT2D eigenvalue weighted by atomic mass is 16.1. The number of pyridine rings is 1. The number of aromatic nitrogens is 1. The first-order valence-corrected chi connectivity index (χ1v) is 7.75. The minimum absolute atomic E-state index is 0.153. The molecule has 0 radical (unpaired) electrons. The molecule has 108 valence electrons. The van der Waals surface area contributed by atoms with Crippen LogP contribution in [0.25, 0.3) is 0 Å². The minimum atomic E-state index is 0.153. The van der Waals surface area contributed by atoms with Crippen LogP contribution in [0.15, 0.2) is 18.3 Å². The molecule has 4 heteroatoms. The van der Waals surface area contributed by atoms with Gasteiger partial charge in [0.25, 0.3) is 0 Å². The van der Waals surface area contributed by atoms with Crippen LogP contribution in [0.3, 0.4) is 0 Å². The van der Waals surface area contributed by atoms with E-state index in [1.807, 2.05) is 6.07 Å². The van der Waals surface area contributed by atoms with Crippen molar-refractivity contribution in [3.05, 3.63) is 18.3 Å². The van der Waals surface area contributed by atoms with Gasteiger partial charge in [-0.15, -0.1) is 0 Å². The molecule has 3 unspecified atom stereocenters. The fourth-order valence-corrected chi connectivity index (χ4v) is 3.84. The summed E-state index contributed by atoms with van der Waals surface area (Å²) in [5.41, 5.74) is 6.30. The van der Waals surface area contributed by atoms with Gasteiger partial charge in [0.1, 0.15) is 5.82 Å². The summed E-state index contributed by atoms with van der Waals surface area (Å²) in [5.74, 6) is 2.46. The van der Waals surface area contributed by atoms with E-state index in [0.717, 1.165) is 30.4 Å². The van der Waals surface area contributed by atoms with Crippen LogP contribution in [0.5, 0.6) is 0 Å². The highest BCUT2D eigenvalue weighted by molar-refractivity contribution is 5.92. The second-order valence-electron chi connectivity index (χ2n) is 6.28. The van der Waals surface area contributed by atoms with E-state index in [-0.39, 0.29) is 11.8 Å². The number of hydrogen-bond donors (Lipinski definition) is 2. The summed E-state index contributed by atoms with van der Waals surface area (Å²) in [4.78, 5) is 16.4. The summed E-state index contributed by atoms with van der Waals surface area (Å²) < 4.78 is 0. The van der Waals surface area contributed by atoms with E-state index in [4.69, 9.17) is 5.73 Å². The number of amides is 1.